The first-order chi connectivity index (χ1) is 16.4. The van der Waals surface area contributed by atoms with Gasteiger partial charge in [-0.15, -0.1) is 0 Å². The monoisotopic (exact) mass is 458 g/mol. The quantitative estimate of drug-likeness (QED) is 0.529. The maximum absolute atomic E-state index is 13.8. The topological polar surface area (TPSA) is 68.3 Å². The first-order valence-electron chi connectivity index (χ1n) is 11.1. The van der Waals surface area contributed by atoms with Crippen molar-refractivity contribution in [2.45, 2.75) is 26.0 Å². The van der Waals surface area contributed by atoms with Crippen LogP contribution in [0.2, 0.25) is 0 Å². The van der Waals surface area contributed by atoms with Gasteiger partial charge in [0.1, 0.15) is 17.4 Å². The first-order valence-corrected chi connectivity index (χ1v) is 11.1. The van der Waals surface area contributed by atoms with Crippen LogP contribution in [-0.4, -0.2) is 32.1 Å². The van der Waals surface area contributed by atoms with Crippen molar-refractivity contribution < 1.29 is 23.9 Å². The van der Waals surface area contributed by atoms with Crippen LogP contribution in [0, 0.1) is 19.8 Å². The van der Waals surface area contributed by atoms with Gasteiger partial charge in [0.15, 0.2) is 6.10 Å². The number of ether oxygens (including phenoxy) is 2. The maximum Gasteiger partial charge on any atom is 0.266 e. The van der Waals surface area contributed by atoms with Gasteiger partial charge in [0.2, 0.25) is 5.91 Å². The molecule has 5 rings (SSSR count). The average molecular weight is 459 g/mol. The zero-order valence-corrected chi connectivity index (χ0v) is 19.5. The zero-order chi connectivity index (χ0) is 24.0. The highest BCUT2D eigenvalue weighted by Crippen LogP contribution is 2.50. The number of anilines is 2. The van der Waals surface area contributed by atoms with Crippen molar-refractivity contribution in [3.63, 3.8) is 0 Å². The van der Waals surface area contributed by atoms with Gasteiger partial charge in [0, 0.05) is 11.6 Å². The average Bonchev–Trinajstić information content (AvgIpc) is 3.35. The molecule has 2 heterocycles. The summed E-state index contributed by atoms with van der Waals surface area (Å²) >= 11 is 0. The molecule has 3 aromatic rings. The largest absolute Gasteiger partial charge is 0.497 e. The van der Waals surface area contributed by atoms with Gasteiger partial charge in [-0.05, 0) is 49.7 Å². The predicted molar refractivity (Wildman–Crippen MR) is 128 cm³/mol. The molecule has 7 heteroatoms. The number of nitrogens with zero attached hydrogens (tertiary/aromatic N) is 2. The lowest BCUT2D eigenvalue weighted by Gasteiger charge is -2.30. The number of carbonyl (C=O) groups excluding carboxylic acids is 2. The van der Waals surface area contributed by atoms with Gasteiger partial charge in [-0.25, -0.2) is 9.96 Å². The molecule has 0 saturated carbocycles. The van der Waals surface area contributed by atoms with Gasteiger partial charge in [-0.1, -0.05) is 35.9 Å². The van der Waals surface area contributed by atoms with E-state index in [2.05, 4.69) is 0 Å². The van der Waals surface area contributed by atoms with E-state index in [1.807, 2.05) is 62.4 Å². The lowest BCUT2D eigenvalue weighted by Crippen LogP contribution is -2.37. The lowest BCUT2D eigenvalue weighted by atomic mass is 9.89. The van der Waals surface area contributed by atoms with Gasteiger partial charge in [-0.3, -0.25) is 14.4 Å². The van der Waals surface area contributed by atoms with Crippen LogP contribution in [0.15, 0.2) is 66.7 Å². The number of aryl methyl sites for hydroxylation is 2. The van der Waals surface area contributed by atoms with Crippen molar-refractivity contribution in [1.29, 1.82) is 0 Å². The molecular weight excluding hydrogens is 432 g/mol. The number of rotatable bonds is 5. The summed E-state index contributed by atoms with van der Waals surface area (Å²) < 4.78 is 11.0. The van der Waals surface area contributed by atoms with Gasteiger partial charge in [-0.2, -0.15) is 0 Å². The molecule has 0 spiro atoms. The van der Waals surface area contributed by atoms with Crippen LogP contribution in [0.1, 0.15) is 22.7 Å². The van der Waals surface area contributed by atoms with Crippen LogP contribution in [0.4, 0.5) is 11.4 Å². The van der Waals surface area contributed by atoms with Crippen molar-refractivity contribution in [2.75, 3.05) is 24.2 Å². The minimum atomic E-state index is -0.940. The summed E-state index contributed by atoms with van der Waals surface area (Å²) in [5.74, 6) is -0.212. The first kappa shape index (κ1) is 22.0. The SMILES string of the molecule is COc1ccc([C@H]2[C@H]3C(=O)N(c4ccc(C)cc4)C(=O)[C@H]3ON2c2ccccc2C)c(OC)c1. The molecule has 3 atom stereocenters. The molecule has 0 unspecified atom stereocenters. The number of methoxy groups -OCH3 is 2. The molecule has 3 aromatic carbocycles. The molecular formula is C27H26N2O5. The van der Waals surface area contributed by atoms with Crippen molar-refractivity contribution in [1.82, 2.24) is 0 Å². The van der Waals surface area contributed by atoms with Crippen molar-refractivity contribution in [2.24, 2.45) is 5.92 Å². The molecule has 174 valence electrons. The minimum absolute atomic E-state index is 0.294. The number of imide groups is 1. The van der Waals surface area contributed by atoms with E-state index >= 15 is 0 Å². The summed E-state index contributed by atoms with van der Waals surface area (Å²) in [5, 5.41) is 1.69. The maximum atomic E-state index is 13.8. The Hall–Kier alpha value is -3.84. The molecule has 2 amide bonds. The lowest BCUT2D eigenvalue weighted by molar-refractivity contribution is -0.126. The van der Waals surface area contributed by atoms with E-state index in [-0.39, 0.29) is 11.8 Å². The summed E-state index contributed by atoms with van der Waals surface area (Å²) in [6.45, 7) is 3.93. The molecule has 0 aliphatic carbocycles. The highest BCUT2D eigenvalue weighted by molar-refractivity contribution is 6.24. The number of benzene rings is 3. The number of fused-ring (bicyclic) bond motifs is 1. The fourth-order valence-corrected chi connectivity index (χ4v) is 4.76. The molecule has 2 aliphatic rings. The summed E-state index contributed by atoms with van der Waals surface area (Å²) in [6, 6.07) is 20.0. The van der Waals surface area contributed by atoms with Crippen LogP contribution in [0.5, 0.6) is 11.5 Å². The Morgan fingerprint density at radius 3 is 2.26 bits per heavy atom. The summed E-state index contributed by atoms with van der Waals surface area (Å²) in [7, 11) is 3.16. The van der Waals surface area contributed by atoms with E-state index in [0.717, 1.165) is 22.4 Å². The highest BCUT2D eigenvalue weighted by Gasteiger charge is 2.60. The van der Waals surface area contributed by atoms with E-state index in [1.54, 1.807) is 37.5 Å². The number of hydroxylamine groups is 1. The number of carbonyl (C=O) groups is 2. The third-order valence-corrected chi connectivity index (χ3v) is 6.52. The van der Waals surface area contributed by atoms with Gasteiger partial charge >= 0.3 is 0 Å². The summed E-state index contributed by atoms with van der Waals surface area (Å²) in [4.78, 5) is 34.8. The van der Waals surface area contributed by atoms with Crippen LogP contribution < -0.4 is 19.4 Å². The zero-order valence-electron chi connectivity index (χ0n) is 19.5. The molecule has 0 bridgehead atoms. The van der Waals surface area contributed by atoms with Crippen LogP contribution in [-0.2, 0) is 14.4 Å². The van der Waals surface area contributed by atoms with Crippen LogP contribution >= 0.6 is 0 Å². The third-order valence-electron chi connectivity index (χ3n) is 6.52. The number of hydrogen-bond donors (Lipinski definition) is 0. The molecule has 2 aliphatic heterocycles. The Morgan fingerprint density at radius 1 is 0.853 bits per heavy atom. The number of para-hydroxylation sites is 1. The predicted octanol–water partition coefficient (Wildman–Crippen LogP) is 4.37. The molecule has 2 saturated heterocycles. The van der Waals surface area contributed by atoms with E-state index in [0.29, 0.717) is 17.2 Å². The van der Waals surface area contributed by atoms with E-state index < -0.39 is 18.1 Å². The second-order valence-electron chi connectivity index (χ2n) is 8.56. The van der Waals surface area contributed by atoms with Crippen LogP contribution in [0.25, 0.3) is 0 Å². The summed E-state index contributed by atoms with van der Waals surface area (Å²) in [6.07, 6.45) is -0.940. The highest BCUT2D eigenvalue weighted by atomic mass is 16.7. The Kier molecular flexibility index (Phi) is 5.49. The summed E-state index contributed by atoms with van der Waals surface area (Å²) in [5.41, 5.74) is 4.09. The van der Waals surface area contributed by atoms with Crippen LogP contribution in [0.3, 0.4) is 0 Å². The van der Waals surface area contributed by atoms with E-state index in [9.17, 15) is 9.59 Å². The minimum Gasteiger partial charge on any atom is -0.497 e. The molecule has 2 fully saturated rings. The molecule has 34 heavy (non-hydrogen) atoms. The Morgan fingerprint density at radius 2 is 1.59 bits per heavy atom. The van der Waals surface area contributed by atoms with Gasteiger partial charge in [0.05, 0.1) is 31.6 Å². The van der Waals surface area contributed by atoms with Crippen molar-refractivity contribution >= 4 is 23.2 Å². The van der Waals surface area contributed by atoms with Crippen molar-refractivity contribution in [3.8, 4) is 11.5 Å². The molecule has 0 radical (unpaired) electrons. The fraction of sp³-hybridized carbons (Fsp3) is 0.259. The Balaban J connectivity index is 1.64. The smallest absolute Gasteiger partial charge is 0.266 e. The Labute approximate surface area is 198 Å². The fourth-order valence-electron chi connectivity index (χ4n) is 4.76. The number of hydrogen-bond acceptors (Lipinski definition) is 6. The third kappa shape index (κ3) is 3.40. The molecule has 0 N–H and O–H groups in total. The number of amides is 2. The van der Waals surface area contributed by atoms with E-state index in [1.165, 1.54) is 4.90 Å². The molecule has 7 nitrogen and oxygen atoms in total. The second-order valence-corrected chi connectivity index (χ2v) is 8.56. The van der Waals surface area contributed by atoms with Gasteiger partial charge in [0.25, 0.3) is 5.91 Å². The van der Waals surface area contributed by atoms with Crippen molar-refractivity contribution in [3.05, 3.63) is 83.4 Å². The van der Waals surface area contributed by atoms with Gasteiger partial charge < -0.3 is 9.47 Å². The molecule has 0 aromatic heterocycles. The Bertz CT molecular complexity index is 1260. The normalized spacial score (nSPS) is 21.7. The standard InChI is InChI=1S/C27H26N2O5/c1-16-9-11-18(12-10-16)28-26(30)23-24(20-14-13-19(32-3)15-22(20)33-4)29(34-25(23)27(28)31)21-8-6-5-7-17(21)2/h5-15,23-25H,1-4H3/t23-,24+,25+/m1/s1. The second kappa shape index (κ2) is 8.50. The van der Waals surface area contributed by atoms with E-state index in [4.69, 9.17) is 14.3 Å².